The van der Waals surface area contributed by atoms with Crippen molar-refractivity contribution in [3.63, 3.8) is 0 Å². The van der Waals surface area contributed by atoms with Gasteiger partial charge in [-0.25, -0.2) is 4.99 Å². The minimum absolute atomic E-state index is 0.234. The minimum atomic E-state index is 0.234. The van der Waals surface area contributed by atoms with Crippen molar-refractivity contribution in [3.8, 4) is 5.75 Å². The lowest BCUT2D eigenvalue weighted by molar-refractivity contribution is 0.113. The monoisotopic (exact) mass is 400 g/mol. The standard InChI is InChI=1S/C21H32N6O2/c1-5-28-19-11-15(2)8-9-17(19)12-22-21(23-13-18-7-6-10-29-18)24-14-20-26-25-16(3)27(20)4/h8-9,11,18H,5-7,10,12-14H2,1-4H3,(H2,22,23,24). The third-order valence-electron chi connectivity index (χ3n) is 5.05. The van der Waals surface area contributed by atoms with Gasteiger partial charge in [0.05, 0.1) is 25.8 Å². The lowest BCUT2D eigenvalue weighted by atomic mass is 10.1. The summed E-state index contributed by atoms with van der Waals surface area (Å²) < 4.78 is 13.5. The molecule has 1 aliphatic heterocycles. The molecule has 2 N–H and O–H groups in total. The van der Waals surface area contributed by atoms with E-state index in [9.17, 15) is 0 Å². The second-order valence-electron chi connectivity index (χ2n) is 7.30. The van der Waals surface area contributed by atoms with Crippen LogP contribution >= 0.6 is 0 Å². The zero-order valence-electron chi connectivity index (χ0n) is 17.9. The van der Waals surface area contributed by atoms with E-state index < -0.39 is 0 Å². The number of ether oxygens (including phenoxy) is 2. The molecule has 1 atom stereocenters. The minimum Gasteiger partial charge on any atom is -0.494 e. The highest BCUT2D eigenvalue weighted by Crippen LogP contribution is 2.21. The molecule has 1 unspecified atom stereocenters. The summed E-state index contributed by atoms with van der Waals surface area (Å²) in [5, 5.41) is 15.1. The molecule has 0 amide bonds. The Kier molecular flexibility index (Phi) is 7.46. The van der Waals surface area contributed by atoms with Crippen LogP contribution in [0.4, 0.5) is 0 Å². The molecule has 2 heterocycles. The van der Waals surface area contributed by atoms with Crippen molar-refractivity contribution in [2.75, 3.05) is 19.8 Å². The Morgan fingerprint density at radius 1 is 1.31 bits per heavy atom. The number of hydrogen-bond donors (Lipinski definition) is 2. The Labute approximate surface area is 172 Å². The number of aliphatic imine (C=N–C) groups is 1. The highest BCUT2D eigenvalue weighted by molar-refractivity contribution is 5.79. The van der Waals surface area contributed by atoms with E-state index in [2.05, 4.69) is 46.0 Å². The third-order valence-corrected chi connectivity index (χ3v) is 5.05. The average Bonchev–Trinajstić information content (AvgIpc) is 3.34. The van der Waals surface area contributed by atoms with Crippen LogP contribution in [0.3, 0.4) is 0 Å². The Balaban J connectivity index is 1.69. The molecule has 29 heavy (non-hydrogen) atoms. The highest BCUT2D eigenvalue weighted by atomic mass is 16.5. The number of nitrogens with zero attached hydrogens (tertiary/aromatic N) is 4. The quantitative estimate of drug-likeness (QED) is 0.522. The van der Waals surface area contributed by atoms with Crippen LogP contribution in [0.1, 0.15) is 42.5 Å². The maximum Gasteiger partial charge on any atom is 0.192 e. The Bertz CT molecular complexity index is 827. The fraction of sp³-hybridized carbons (Fsp3) is 0.571. The van der Waals surface area contributed by atoms with Gasteiger partial charge in [0.1, 0.15) is 11.6 Å². The van der Waals surface area contributed by atoms with Crippen LogP contribution in [0.25, 0.3) is 0 Å². The maximum atomic E-state index is 5.79. The van der Waals surface area contributed by atoms with Crippen LogP contribution in [-0.4, -0.2) is 46.6 Å². The second kappa shape index (κ2) is 10.2. The van der Waals surface area contributed by atoms with Crippen molar-refractivity contribution < 1.29 is 9.47 Å². The molecule has 1 aromatic carbocycles. The number of nitrogens with one attached hydrogen (secondary N) is 2. The molecule has 0 bridgehead atoms. The number of benzene rings is 1. The third kappa shape index (κ3) is 5.93. The molecule has 0 saturated carbocycles. The molecular weight excluding hydrogens is 368 g/mol. The predicted octanol–water partition coefficient (Wildman–Crippen LogP) is 2.25. The second-order valence-corrected chi connectivity index (χ2v) is 7.30. The van der Waals surface area contributed by atoms with Gasteiger partial charge in [0.2, 0.25) is 0 Å². The van der Waals surface area contributed by atoms with Gasteiger partial charge in [0.25, 0.3) is 0 Å². The Morgan fingerprint density at radius 2 is 2.17 bits per heavy atom. The molecule has 1 fully saturated rings. The molecular formula is C21H32N6O2. The Hall–Kier alpha value is -2.61. The van der Waals surface area contributed by atoms with Gasteiger partial charge in [-0.1, -0.05) is 12.1 Å². The van der Waals surface area contributed by atoms with E-state index in [1.165, 1.54) is 5.56 Å². The van der Waals surface area contributed by atoms with Crippen molar-refractivity contribution in [1.29, 1.82) is 0 Å². The van der Waals surface area contributed by atoms with Crippen LogP contribution in [-0.2, 0) is 24.9 Å². The van der Waals surface area contributed by atoms with Crippen LogP contribution < -0.4 is 15.4 Å². The maximum absolute atomic E-state index is 5.79. The topological polar surface area (TPSA) is 85.6 Å². The lowest BCUT2D eigenvalue weighted by Gasteiger charge is -2.16. The van der Waals surface area contributed by atoms with Gasteiger partial charge in [0, 0.05) is 25.8 Å². The molecule has 3 rings (SSSR count). The largest absolute Gasteiger partial charge is 0.494 e. The van der Waals surface area contributed by atoms with E-state index in [1.807, 2.05) is 25.5 Å². The number of aromatic nitrogens is 3. The summed E-state index contributed by atoms with van der Waals surface area (Å²) in [7, 11) is 1.96. The highest BCUT2D eigenvalue weighted by Gasteiger charge is 2.16. The molecule has 1 saturated heterocycles. The summed E-state index contributed by atoms with van der Waals surface area (Å²) in [6.45, 7) is 9.27. The van der Waals surface area contributed by atoms with Gasteiger partial charge < -0.3 is 24.7 Å². The van der Waals surface area contributed by atoms with E-state index in [4.69, 9.17) is 14.5 Å². The summed E-state index contributed by atoms with van der Waals surface area (Å²) in [5.41, 5.74) is 2.24. The number of guanidine groups is 1. The number of rotatable bonds is 8. The fourth-order valence-corrected chi connectivity index (χ4v) is 3.20. The molecule has 0 radical (unpaired) electrons. The first-order valence-electron chi connectivity index (χ1n) is 10.3. The van der Waals surface area contributed by atoms with E-state index in [-0.39, 0.29) is 6.10 Å². The normalized spacial score (nSPS) is 16.8. The first-order valence-corrected chi connectivity index (χ1v) is 10.3. The zero-order valence-corrected chi connectivity index (χ0v) is 17.9. The van der Waals surface area contributed by atoms with Crippen LogP contribution in [0.5, 0.6) is 5.75 Å². The van der Waals surface area contributed by atoms with Crippen molar-refractivity contribution in [3.05, 3.63) is 41.0 Å². The lowest BCUT2D eigenvalue weighted by Crippen LogP contribution is -2.41. The molecule has 0 aliphatic carbocycles. The average molecular weight is 401 g/mol. The summed E-state index contributed by atoms with van der Waals surface area (Å²) in [5.74, 6) is 3.36. The molecule has 1 aromatic heterocycles. The van der Waals surface area contributed by atoms with Crippen molar-refractivity contribution in [1.82, 2.24) is 25.4 Å². The summed E-state index contributed by atoms with van der Waals surface area (Å²) in [6, 6.07) is 6.22. The van der Waals surface area contributed by atoms with Crippen LogP contribution in [0.2, 0.25) is 0 Å². The van der Waals surface area contributed by atoms with Gasteiger partial charge in [-0.2, -0.15) is 0 Å². The van der Waals surface area contributed by atoms with E-state index in [0.717, 1.165) is 54.9 Å². The molecule has 8 nitrogen and oxygen atoms in total. The Morgan fingerprint density at radius 3 is 2.86 bits per heavy atom. The van der Waals surface area contributed by atoms with Gasteiger partial charge in [-0.3, -0.25) is 0 Å². The molecule has 0 spiro atoms. The fourth-order valence-electron chi connectivity index (χ4n) is 3.20. The summed E-state index contributed by atoms with van der Waals surface area (Å²) in [6.07, 6.45) is 2.43. The van der Waals surface area contributed by atoms with Gasteiger partial charge in [0.15, 0.2) is 11.8 Å². The smallest absolute Gasteiger partial charge is 0.192 e. The first kappa shape index (κ1) is 21.1. The van der Waals surface area contributed by atoms with E-state index >= 15 is 0 Å². The van der Waals surface area contributed by atoms with Crippen LogP contribution in [0.15, 0.2) is 23.2 Å². The molecule has 158 valence electrons. The van der Waals surface area contributed by atoms with Crippen molar-refractivity contribution in [2.45, 2.75) is 52.8 Å². The van der Waals surface area contributed by atoms with Gasteiger partial charge in [-0.15, -0.1) is 10.2 Å². The van der Waals surface area contributed by atoms with Crippen LogP contribution in [0, 0.1) is 13.8 Å². The van der Waals surface area contributed by atoms with Gasteiger partial charge >= 0.3 is 0 Å². The molecule has 1 aliphatic rings. The number of hydrogen-bond acceptors (Lipinski definition) is 5. The predicted molar refractivity (Wildman–Crippen MR) is 113 cm³/mol. The van der Waals surface area contributed by atoms with Gasteiger partial charge in [-0.05, 0) is 45.2 Å². The SMILES string of the molecule is CCOc1cc(C)ccc1CN=C(NCc1nnc(C)n1C)NCC1CCCO1. The van der Waals surface area contributed by atoms with Crippen molar-refractivity contribution >= 4 is 5.96 Å². The first-order chi connectivity index (χ1) is 14.1. The number of aryl methyl sites for hydroxylation is 2. The molecule has 2 aromatic rings. The van der Waals surface area contributed by atoms with E-state index in [0.29, 0.717) is 19.7 Å². The summed E-state index contributed by atoms with van der Waals surface area (Å²) in [4.78, 5) is 4.78. The van der Waals surface area contributed by atoms with E-state index in [1.54, 1.807) is 0 Å². The zero-order chi connectivity index (χ0) is 20.6. The summed E-state index contributed by atoms with van der Waals surface area (Å²) >= 11 is 0. The molecule has 8 heteroatoms. The van der Waals surface area contributed by atoms with Crippen molar-refractivity contribution in [2.24, 2.45) is 12.0 Å².